The van der Waals surface area contributed by atoms with Crippen molar-refractivity contribution in [1.82, 2.24) is 19.7 Å². The Bertz CT molecular complexity index is 1430. The molecule has 0 amide bonds. The van der Waals surface area contributed by atoms with Crippen molar-refractivity contribution in [2.24, 2.45) is 0 Å². The average molecular weight is 472 g/mol. The van der Waals surface area contributed by atoms with Crippen LogP contribution in [0.25, 0.3) is 5.70 Å². The third kappa shape index (κ3) is 3.22. The lowest BCUT2D eigenvalue weighted by Crippen LogP contribution is -2.32. The SMILES string of the molecule is COC(=O)c1ccc(C2Oc3ccc(Cl)cc3C3=C2C(c2cccnc2)n2ncnc2N3)cc1. The molecule has 0 radical (unpaired) electrons. The van der Waals surface area contributed by atoms with Gasteiger partial charge in [-0.05, 0) is 47.5 Å². The monoisotopic (exact) mass is 471 g/mol. The van der Waals surface area contributed by atoms with E-state index < -0.39 is 12.1 Å². The van der Waals surface area contributed by atoms with E-state index in [1.807, 2.05) is 47.3 Å². The fourth-order valence-corrected chi connectivity index (χ4v) is 4.66. The first-order chi connectivity index (χ1) is 16.6. The number of ether oxygens (including phenoxy) is 2. The molecule has 8 nitrogen and oxygen atoms in total. The second-order valence-corrected chi connectivity index (χ2v) is 8.36. The molecule has 6 rings (SSSR count). The second kappa shape index (κ2) is 8.00. The van der Waals surface area contributed by atoms with Crippen LogP contribution in [0.2, 0.25) is 5.02 Å². The van der Waals surface area contributed by atoms with Crippen LogP contribution in [0.1, 0.15) is 39.2 Å². The van der Waals surface area contributed by atoms with Gasteiger partial charge in [-0.3, -0.25) is 4.98 Å². The van der Waals surface area contributed by atoms with Crippen molar-refractivity contribution in [2.45, 2.75) is 12.1 Å². The number of hydrogen-bond acceptors (Lipinski definition) is 7. The Hall–Kier alpha value is -4.17. The molecule has 2 aliphatic heterocycles. The predicted molar refractivity (Wildman–Crippen MR) is 126 cm³/mol. The molecule has 0 fully saturated rings. The molecule has 4 aromatic rings. The van der Waals surface area contributed by atoms with E-state index in [-0.39, 0.29) is 6.04 Å². The fraction of sp³-hybridized carbons (Fsp3) is 0.120. The molecule has 2 aliphatic rings. The topological polar surface area (TPSA) is 91.2 Å². The van der Waals surface area contributed by atoms with Gasteiger partial charge in [0, 0.05) is 28.6 Å². The van der Waals surface area contributed by atoms with E-state index in [1.165, 1.54) is 13.4 Å². The molecule has 2 aromatic carbocycles. The first-order valence-electron chi connectivity index (χ1n) is 10.6. The summed E-state index contributed by atoms with van der Waals surface area (Å²) >= 11 is 6.36. The van der Waals surface area contributed by atoms with Gasteiger partial charge < -0.3 is 14.8 Å². The number of rotatable bonds is 3. The van der Waals surface area contributed by atoms with Crippen LogP contribution in [0.15, 0.2) is 78.9 Å². The van der Waals surface area contributed by atoms with Gasteiger partial charge in [-0.25, -0.2) is 9.48 Å². The van der Waals surface area contributed by atoms with Gasteiger partial charge >= 0.3 is 5.97 Å². The van der Waals surface area contributed by atoms with Gasteiger partial charge in [0.25, 0.3) is 0 Å². The normalized spacial score (nSPS) is 18.2. The number of esters is 1. The van der Waals surface area contributed by atoms with Crippen molar-refractivity contribution < 1.29 is 14.3 Å². The maximum absolute atomic E-state index is 12.0. The van der Waals surface area contributed by atoms with E-state index in [1.54, 1.807) is 24.4 Å². The second-order valence-electron chi connectivity index (χ2n) is 7.92. The lowest BCUT2D eigenvalue weighted by atomic mass is 9.85. The molecule has 0 saturated heterocycles. The van der Waals surface area contributed by atoms with Gasteiger partial charge in [-0.2, -0.15) is 10.1 Å². The summed E-state index contributed by atoms with van der Waals surface area (Å²) in [7, 11) is 1.36. The molecule has 2 unspecified atom stereocenters. The zero-order valence-corrected chi connectivity index (χ0v) is 18.7. The third-order valence-electron chi connectivity index (χ3n) is 6.01. The Labute approximate surface area is 199 Å². The number of anilines is 1. The van der Waals surface area contributed by atoms with Crippen molar-refractivity contribution in [2.75, 3.05) is 12.4 Å². The van der Waals surface area contributed by atoms with Gasteiger partial charge in [0.05, 0.1) is 18.4 Å². The van der Waals surface area contributed by atoms with Crippen molar-refractivity contribution >= 4 is 29.2 Å². The molecular formula is C25H18ClN5O3. The van der Waals surface area contributed by atoms with E-state index in [9.17, 15) is 4.79 Å². The van der Waals surface area contributed by atoms with Crippen LogP contribution >= 0.6 is 11.6 Å². The maximum atomic E-state index is 12.0. The summed E-state index contributed by atoms with van der Waals surface area (Å²) in [4.78, 5) is 20.7. The molecule has 168 valence electrons. The summed E-state index contributed by atoms with van der Waals surface area (Å²) in [5.74, 6) is 0.909. The van der Waals surface area contributed by atoms with E-state index >= 15 is 0 Å². The quantitative estimate of drug-likeness (QED) is 0.434. The Balaban J connectivity index is 1.57. The van der Waals surface area contributed by atoms with Gasteiger partial charge in [0.2, 0.25) is 5.95 Å². The Morgan fingerprint density at radius 1 is 1.15 bits per heavy atom. The van der Waals surface area contributed by atoms with Crippen LogP contribution < -0.4 is 10.1 Å². The minimum Gasteiger partial charge on any atom is -0.480 e. The number of benzene rings is 2. The Morgan fingerprint density at radius 3 is 2.76 bits per heavy atom. The van der Waals surface area contributed by atoms with Gasteiger partial charge in [-0.1, -0.05) is 29.8 Å². The standard InChI is InChI=1S/C25H18ClN5O3/c1-33-24(32)15-6-4-14(5-7-15)23-20-21(18-11-17(26)8-9-19(18)34-23)30-25-28-13-29-31(25)22(20)16-3-2-10-27-12-16/h2-13,22-23H,1H3,(H,28,29,30). The highest BCUT2D eigenvalue weighted by Crippen LogP contribution is 2.50. The first kappa shape index (κ1) is 20.4. The molecule has 0 bridgehead atoms. The molecule has 9 heteroatoms. The summed E-state index contributed by atoms with van der Waals surface area (Å²) in [6.45, 7) is 0. The van der Waals surface area contributed by atoms with Gasteiger partial charge in [0.1, 0.15) is 24.2 Å². The third-order valence-corrected chi connectivity index (χ3v) is 6.25. The van der Waals surface area contributed by atoms with Crippen LogP contribution in [0.3, 0.4) is 0 Å². The summed E-state index contributed by atoms with van der Waals surface area (Å²) in [6, 6.07) is 16.3. The number of carbonyl (C=O) groups excluding carboxylic acids is 1. The number of nitrogens with zero attached hydrogens (tertiary/aromatic N) is 4. The van der Waals surface area contributed by atoms with E-state index in [0.717, 1.165) is 28.0 Å². The molecular weight excluding hydrogens is 454 g/mol. The number of pyridine rings is 1. The summed E-state index contributed by atoms with van der Waals surface area (Å²) in [5.41, 5.74) is 4.92. The van der Waals surface area contributed by atoms with E-state index in [2.05, 4.69) is 20.4 Å². The van der Waals surface area contributed by atoms with Crippen LogP contribution in [-0.2, 0) is 4.74 Å². The molecule has 4 heterocycles. The molecule has 2 atom stereocenters. The fourth-order valence-electron chi connectivity index (χ4n) is 4.49. The molecule has 34 heavy (non-hydrogen) atoms. The van der Waals surface area contributed by atoms with Crippen LogP contribution in [0.4, 0.5) is 5.95 Å². The summed E-state index contributed by atoms with van der Waals surface area (Å²) in [5, 5.41) is 8.53. The summed E-state index contributed by atoms with van der Waals surface area (Å²) in [6.07, 6.45) is 4.60. The molecule has 0 saturated carbocycles. The Kier molecular flexibility index (Phi) is 4.81. The Morgan fingerprint density at radius 2 is 2.00 bits per heavy atom. The molecule has 0 aliphatic carbocycles. The number of halogens is 1. The summed E-state index contributed by atoms with van der Waals surface area (Å²) < 4.78 is 13.2. The smallest absolute Gasteiger partial charge is 0.337 e. The van der Waals surface area contributed by atoms with Gasteiger partial charge in [0.15, 0.2) is 0 Å². The van der Waals surface area contributed by atoms with Crippen LogP contribution in [0.5, 0.6) is 5.75 Å². The van der Waals surface area contributed by atoms with Crippen molar-refractivity contribution in [3.63, 3.8) is 0 Å². The maximum Gasteiger partial charge on any atom is 0.337 e. The van der Waals surface area contributed by atoms with Crippen LogP contribution in [-0.4, -0.2) is 32.8 Å². The molecule has 2 aromatic heterocycles. The number of hydrogen-bond donors (Lipinski definition) is 1. The first-order valence-corrected chi connectivity index (χ1v) is 11.0. The number of nitrogens with one attached hydrogen (secondary N) is 1. The highest BCUT2D eigenvalue weighted by Gasteiger charge is 2.41. The number of aromatic nitrogens is 4. The number of methoxy groups -OCH3 is 1. The molecule has 1 N–H and O–H groups in total. The number of carbonyl (C=O) groups is 1. The highest BCUT2D eigenvalue weighted by atomic mass is 35.5. The van der Waals surface area contributed by atoms with Crippen molar-refractivity contribution in [3.05, 3.63) is 106 Å². The van der Waals surface area contributed by atoms with Gasteiger partial charge in [-0.15, -0.1) is 0 Å². The van der Waals surface area contributed by atoms with Crippen LogP contribution in [0, 0.1) is 0 Å². The van der Waals surface area contributed by atoms with Crippen molar-refractivity contribution in [1.29, 1.82) is 0 Å². The predicted octanol–water partition coefficient (Wildman–Crippen LogP) is 4.67. The lowest BCUT2D eigenvalue weighted by molar-refractivity contribution is 0.0600. The molecule has 0 spiro atoms. The van der Waals surface area contributed by atoms with E-state index in [0.29, 0.717) is 22.3 Å². The van der Waals surface area contributed by atoms with E-state index in [4.69, 9.17) is 21.1 Å². The minimum atomic E-state index is -0.467. The number of fused-ring (bicyclic) bond motifs is 3. The largest absolute Gasteiger partial charge is 0.480 e. The zero-order valence-electron chi connectivity index (χ0n) is 18.0. The average Bonchev–Trinajstić information content (AvgIpc) is 3.35. The lowest BCUT2D eigenvalue weighted by Gasteiger charge is -2.38. The highest BCUT2D eigenvalue weighted by molar-refractivity contribution is 6.30. The van der Waals surface area contributed by atoms with Crippen molar-refractivity contribution in [3.8, 4) is 5.75 Å². The minimum absolute atomic E-state index is 0.320. The zero-order chi connectivity index (χ0) is 23.2.